The standard InChI is InChI=1S/C10H24O6Si.H2O/c1-4-14-17(15-5-2,16-6-3)9-13-8-10(12)7-11;/h10-12H,4-9H2,1-3H3;1H2. The Labute approximate surface area is 109 Å². The fourth-order valence-electron chi connectivity index (χ4n) is 1.28. The van der Waals surface area contributed by atoms with Crippen molar-refractivity contribution in [2.24, 2.45) is 0 Å². The second-order valence-corrected chi connectivity index (χ2v) is 5.85. The maximum Gasteiger partial charge on any atom is 0.528 e. The molecule has 0 amide bonds. The average molecular weight is 286 g/mol. The van der Waals surface area contributed by atoms with Gasteiger partial charge in [0.1, 0.15) is 12.3 Å². The Bertz CT molecular complexity index is 165. The number of hydrogen-bond acceptors (Lipinski definition) is 6. The van der Waals surface area contributed by atoms with Crippen LogP contribution in [0, 0.1) is 0 Å². The molecule has 0 heterocycles. The van der Waals surface area contributed by atoms with Crippen molar-refractivity contribution in [3.63, 3.8) is 0 Å². The third kappa shape index (κ3) is 8.11. The van der Waals surface area contributed by atoms with Gasteiger partial charge in [-0.2, -0.15) is 0 Å². The minimum atomic E-state index is -2.79. The number of ether oxygens (including phenoxy) is 1. The lowest BCUT2D eigenvalue weighted by atomic mass is 10.4. The van der Waals surface area contributed by atoms with E-state index < -0.39 is 14.9 Å². The van der Waals surface area contributed by atoms with Crippen LogP contribution in [0.1, 0.15) is 20.8 Å². The molecule has 0 radical (unpaired) electrons. The predicted molar refractivity (Wildman–Crippen MR) is 68.2 cm³/mol. The maximum atomic E-state index is 9.16. The molecule has 0 fully saturated rings. The first-order chi connectivity index (χ1) is 8.14. The number of rotatable bonds is 11. The van der Waals surface area contributed by atoms with Crippen molar-refractivity contribution in [2.75, 3.05) is 39.3 Å². The van der Waals surface area contributed by atoms with Crippen molar-refractivity contribution in [2.45, 2.75) is 26.9 Å². The van der Waals surface area contributed by atoms with Crippen molar-refractivity contribution in [1.82, 2.24) is 0 Å². The normalized spacial score (nSPS) is 13.2. The van der Waals surface area contributed by atoms with Crippen molar-refractivity contribution in [3.05, 3.63) is 0 Å². The number of aliphatic hydroxyl groups is 2. The lowest BCUT2D eigenvalue weighted by molar-refractivity contribution is -0.0115. The molecule has 0 aliphatic heterocycles. The zero-order valence-corrected chi connectivity index (χ0v) is 12.3. The quantitative estimate of drug-likeness (QED) is 0.477. The molecular formula is C10H26O7Si. The summed E-state index contributed by atoms with van der Waals surface area (Å²) in [6.45, 7) is 6.76. The zero-order chi connectivity index (χ0) is 13.1. The van der Waals surface area contributed by atoms with Gasteiger partial charge in [-0.15, -0.1) is 0 Å². The van der Waals surface area contributed by atoms with Gasteiger partial charge in [0, 0.05) is 19.8 Å². The van der Waals surface area contributed by atoms with Gasteiger partial charge in [-0.1, -0.05) is 0 Å². The third-order valence-corrected chi connectivity index (χ3v) is 4.64. The Balaban J connectivity index is 0. The van der Waals surface area contributed by atoms with E-state index in [9.17, 15) is 0 Å². The van der Waals surface area contributed by atoms with Crippen LogP contribution in [0.25, 0.3) is 0 Å². The Kier molecular flexibility index (Phi) is 13.5. The first-order valence-electron chi connectivity index (χ1n) is 5.92. The Morgan fingerprint density at radius 3 is 1.78 bits per heavy atom. The largest absolute Gasteiger partial charge is 0.528 e. The van der Waals surface area contributed by atoms with E-state index in [1.165, 1.54) is 0 Å². The summed E-state index contributed by atoms with van der Waals surface area (Å²) in [4.78, 5) is 0. The van der Waals surface area contributed by atoms with Crippen LogP contribution in [-0.4, -0.2) is 69.9 Å². The van der Waals surface area contributed by atoms with Crippen LogP contribution >= 0.6 is 0 Å². The minimum absolute atomic E-state index is 0. The highest BCUT2D eigenvalue weighted by Gasteiger charge is 2.41. The van der Waals surface area contributed by atoms with Gasteiger partial charge in [0.05, 0.1) is 13.2 Å². The Morgan fingerprint density at radius 1 is 1.00 bits per heavy atom. The molecule has 0 aliphatic rings. The second kappa shape index (κ2) is 12.0. The molecule has 0 aromatic heterocycles. The van der Waals surface area contributed by atoms with E-state index in [0.29, 0.717) is 19.8 Å². The average Bonchev–Trinajstić information content (AvgIpc) is 2.30. The van der Waals surface area contributed by atoms with Gasteiger partial charge in [0.2, 0.25) is 0 Å². The van der Waals surface area contributed by atoms with Gasteiger partial charge in [0.15, 0.2) is 0 Å². The van der Waals surface area contributed by atoms with Crippen LogP contribution in [0.3, 0.4) is 0 Å². The molecule has 8 heteroatoms. The predicted octanol–water partition coefficient (Wildman–Crippen LogP) is -0.881. The molecule has 0 saturated heterocycles. The van der Waals surface area contributed by atoms with E-state index in [2.05, 4.69) is 0 Å². The van der Waals surface area contributed by atoms with Crippen LogP contribution in [0.2, 0.25) is 0 Å². The molecule has 0 saturated carbocycles. The summed E-state index contributed by atoms with van der Waals surface area (Å²) in [5, 5.41) is 17.8. The molecule has 18 heavy (non-hydrogen) atoms. The maximum absolute atomic E-state index is 9.16. The highest BCUT2D eigenvalue weighted by molar-refractivity contribution is 6.60. The van der Waals surface area contributed by atoms with Crippen LogP contribution < -0.4 is 0 Å². The van der Waals surface area contributed by atoms with Gasteiger partial charge in [-0.3, -0.25) is 0 Å². The van der Waals surface area contributed by atoms with Crippen molar-refractivity contribution in [3.8, 4) is 0 Å². The summed E-state index contributed by atoms with van der Waals surface area (Å²) in [6.07, 6.45) is -0.703. The lowest BCUT2D eigenvalue weighted by Crippen LogP contribution is -2.51. The van der Waals surface area contributed by atoms with Gasteiger partial charge in [-0.05, 0) is 20.8 Å². The third-order valence-electron chi connectivity index (χ3n) is 1.89. The monoisotopic (exact) mass is 286 g/mol. The minimum Gasteiger partial charge on any atom is -0.412 e. The fraction of sp³-hybridized carbons (Fsp3) is 1.00. The molecule has 1 atom stereocenters. The van der Waals surface area contributed by atoms with E-state index >= 15 is 0 Å². The van der Waals surface area contributed by atoms with Crippen molar-refractivity contribution >= 4 is 8.80 Å². The number of hydrogen-bond donors (Lipinski definition) is 2. The summed E-state index contributed by atoms with van der Waals surface area (Å²) < 4.78 is 21.9. The van der Waals surface area contributed by atoms with Crippen LogP contribution in [0.15, 0.2) is 0 Å². The first kappa shape index (κ1) is 20.3. The van der Waals surface area contributed by atoms with Crippen LogP contribution in [-0.2, 0) is 18.0 Å². The topological polar surface area (TPSA) is 109 Å². The molecule has 0 aromatic carbocycles. The summed E-state index contributed by atoms with van der Waals surface area (Å²) in [5.41, 5.74) is 0. The van der Waals surface area contributed by atoms with Crippen molar-refractivity contribution < 1.29 is 33.7 Å². The van der Waals surface area contributed by atoms with E-state index in [4.69, 9.17) is 28.2 Å². The Hall–Kier alpha value is -0.0631. The highest BCUT2D eigenvalue weighted by atomic mass is 28.4. The molecule has 0 aromatic rings. The molecule has 7 nitrogen and oxygen atoms in total. The van der Waals surface area contributed by atoms with Gasteiger partial charge in [-0.25, -0.2) is 0 Å². The Morgan fingerprint density at radius 2 is 1.44 bits per heavy atom. The number of aliphatic hydroxyl groups excluding tert-OH is 2. The highest BCUT2D eigenvalue weighted by Crippen LogP contribution is 2.10. The van der Waals surface area contributed by atoms with Gasteiger partial charge in [0.25, 0.3) is 0 Å². The summed E-state index contributed by atoms with van der Waals surface area (Å²) in [6, 6.07) is 0. The molecule has 0 aliphatic carbocycles. The zero-order valence-electron chi connectivity index (χ0n) is 11.3. The van der Waals surface area contributed by atoms with Crippen LogP contribution in [0.4, 0.5) is 0 Å². The molecule has 0 spiro atoms. The second-order valence-electron chi connectivity index (χ2n) is 3.33. The SMILES string of the molecule is CCO[Si](COCC(O)CO)(OCC)OCC.O. The molecular weight excluding hydrogens is 260 g/mol. The van der Waals surface area contributed by atoms with Gasteiger partial charge < -0.3 is 33.7 Å². The van der Waals surface area contributed by atoms with E-state index in [0.717, 1.165) is 0 Å². The van der Waals surface area contributed by atoms with E-state index in [1.807, 2.05) is 20.8 Å². The molecule has 0 bridgehead atoms. The van der Waals surface area contributed by atoms with Crippen LogP contribution in [0.5, 0.6) is 0 Å². The molecule has 112 valence electrons. The molecule has 1 unspecified atom stereocenters. The molecule has 4 N–H and O–H groups in total. The first-order valence-corrected chi connectivity index (χ1v) is 7.85. The summed E-state index contributed by atoms with van der Waals surface area (Å²) in [7, 11) is -2.79. The fourth-order valence-corrected chi connectivity index (χ4v) is 3.47. The van der Waals surface area contributed by atoms with E-state index in [1.54, 1.807) is 0 Å². The molecule has 0 rings (SSSR count). The summed E-state index contributed by atoms with van der Waals surface area (Å²) in [5.74, 6) is 0. The smallest absolute Gasteiger partial charge is 0.412 e. The van der Waals surface area contributed by atoms with Gasteiger partial charge >= 0.3 is 8.80 Å². The van der Waals surface area contributed by atoms with E-state index in [-0.39, 0.29) is 24.9 Å². The summed E-state index contributed by atoms with van der Waals surface area (Å²) >= 11 is 0. The van der Waals surface area contributed by atoms with Crippen molar-refractivity contribution in [1.29, 1.82) is 0 Å². The lowest BCUT2D eigenvalue weighted by Gasteiger charge is -2.28.